The number of phenolic OH excluding ortho intramolecular Hbond substituents is 1. The van der Waals surface area contributed by atoms with E-state index in [9.17, 15) is 10.2 Å². The van der Waals surface area contributed by atoms with E-state index < -0.39 is 0 Å². The van der Waals surface area contributed by atoms with Crippen LogP contribution in [0.25, 0.3) is 0 Å². The molecule has 0 amide bonds. The van der Waals surface area contributed by atoms with Crippen molar-refractivity contribution in [3.8, 4) is 5.75 Å². The Morgan fingerprint density at radius 3 is 2.53 bits per heavy atom. The number of rotatable bonds is 2. The molecule has 0 atom stereocenters. The average Bonchev–Trinajstić information content (AvgIpc) is 2.33. The molecule has 0 fully saturated rings. The van der Waals surface area contributed by atoms with E-state index in [0.29, 0.717) is 24.3 Å². The van der Waals surface area contributed by atoms with Gasteiger partial charge in [0.15, 0.2) is 0 Å². The van der Waals surface area contributed by atoms with Crippen molar-refractivity contribution in [2.75, 3.05) is 0 Å². The van der Waals surface area contributed by atoms with Crippen LogP contribution >= 0.6 is 0 Å². The second-order valence-corrected chi connectivity index (χ2v) is 3.99. The SMILES string of the molecule is Cc1cc(/N=N/C2=CC=C(O)CC2)ccc1O. The second kappa shape index (κ2) is 4.82. The fourth-order valence-corrected chi connectivity index (χ4v) is 1.52. The molecule has 88 valence electrons. The highest BCUT2D eigenvalue weighted by atomic mass is 16.3. The third kappa shape index (κ3) is 2.93. The summed E-state index contributed by atoms with van der Waals surface area (Å²) in [6.45, 7) is 1.81. The first kappa shape index (κ1) is 11.4. The summed E-state index contributed by atoms with van der Waals surface area (Å²) in [5, 5.41) is 26.8. The topological polar surface area (TPSA) is 65.2 Å². The Bertz CT molecular complexity index is 516. The van der Waals surface area contributed by atoms with Crippen LogP contribution < -0.4 is 0 Å². The Balaban J connectivity index is 2.13. The van der Waals surface area contributed by atoms with Gasteiger partial charge in [-0.15, -0.1) is 0 Å². The van der Waals surface area contributed by atoms with Crippen molar-refractivity contribution in [2.45, 2.75) is 19.8 Å². The first-order chi connectivity index (χ1) is 8.15. The van der Waals surface area contributed by atoms with Gasteiger partial charge in [0.25, 0.3) is 0 Å². The molecule has 0 bridgehead atoms. The Labute approximate surface area is 99.6 Å². The Kier molecular flexibility index (Phi) is 3.23. The predicted molar refractivity (Wildman–Crippen MR) is 65.4 cm³/mol. The number of phenols is 1. The highest BCUT2D eigenvalue weighted by molar-refractivity contribution is 5.45. The summed E-state index contributed by atoms with van der Waals surface area (Å²) in [6, 6.07) is 5.09. The van der Waals surface area contributed by atoms with Crippen molar-refractivity contribution in [3.63, 3.8) is 0 Å². The maximum atomic E-state index is 9.37. The van der Waals surface area contributed by atoms with Gasteiger partial charge in [0.2, 0.25) is 0 Å². The molecule has 0 heterocycles. The molecule has 0 unspecified atom stereocenters. The van der Waals surface area contributed by atoms with Gasteiger partial charge in [-0.2, -0.15) is 10.2 Å². The molecule has 2 rings (SSSR count). The number of aromatic hydroxyl groups is 1. The average molecular weight is 230 g/mol. The van der Waals surface area contributed by atoms with Gasteiger partial charge in [-0.25, -0.2) is 0 Å². The zero-order valence-corrected chi connectivity index (χ0v) is 9.59. The lowest BCUT2D eigenvalue weighted by Crippen LogP contribution is -1.89. The second-order valence-electron chi connectivity index (χ2n) is 3.99. The first-order valence-corrected chi connectivity index (χ1v) is 5.45. The fourth-order valence-electron chi connectivity index (χ4n) is 1.52. The van der Waals surface area contributed by atoms with Crippen molar-refractivity contribution in [1.29, 1.82) is 0 Å². The Morgan fingerprint density at radius 1 is 1.06 bits per heavy atom. The van der Waals surface area contributed by atoms with Crippen molar-refractivity contribution in [1.82, 2.24) is 0 Å². The molecule has 0 saturated carbocycles. The summed E-state index contributed by atoms with van der Waals surface area (Å²) in [7, 11) is 0. The van der Waals surface area contributed by atoms with Gasteiger partial charge in [0.05, 0.1) is 17.1 Å². The summed E-state index contributed by atoms with van der Waals surface area (Å²) >= 11 is 0. The van der Waals surface area contributed by atoms with Crippen LogP contribution in [0.1, 0.15) is 18.4 Å². The van der Waals surface area contributed by atoms with Crippen molar-refractivity contribution in [3.05, 3.63) is 47.4 Å². The zero-order valence-electron chi connectivity index (χ0n) is 9.59. The molecule has 17 heavy (non-hydrogen) atoms. The molecule has 4 heteroatoms. The van der Waals surface area contributed by atoms with Crippen LogP contribution in [0.5, 0.6) is 5.75 Å². The minimum Gasteiger partial charge on any atom is -0.512 e. The highest BCUT2D eigenvalue weighted by Gasteiger charge is 2.04. The molecule has 1 aliphatic carbocycles. The van der Waals surface area contributed by atoms with E-state index in [-0.39, 0.29) is 5.75 Å². The van der Waals surface area contributed by atoms with Gasteiger partial charge in [-0.05, 0) is 49.3 Å². The molecular weight excluding hydrogens is 216 g/mol. The summed E-state index contributed by atoms with van der Waals surface area (Å²) in [4.78, 5) is 0. The van der Waals surface area contributed by atoms with E-state index in [1.165, 1.54) is 0 Å². The number of azo groups is 1. The molecule has 0 aromatic heterocycles. The Hall–Kier alpha value is -2.10. The molecule has 2 N–H and O–H groups in total. The number of aryl methyl sites for hydroxylation is 1. The lowest BCUT2D eigenvalue weighted by molar-refractivity contribution is 0.385. The van der Waals surface area contributed by atoms with Crippen LogP contribution in [-0.2, 0) is 0 Å². The van der Waals surface area contributed by atoms with Gasteiger partial charge in [-0.3, -0.25) is 0 Å². The molecule has 0 radical (unpaired) electrons. The molecule has 1 aromatic carbocycles. The number of nitrogens with zero attached hydrogens (tertiary/aromatic N) is 2. The van der Waals surface area contributed by atoms with Gasteiger partial charge in [-0.1, -0.05) is 0 Å². The lowest BCUT2D eigenvalue weighted by atomic mass is 10.1. The molecular formula is C13H14N2O2. The molecule has 1 aliphatic rings. The molecule has 0 saturated heterocycles. The van der Waals surface area contributed by atoms with Crippen molar-refractivity contribution < 1.29 is 10.2 Å². The molecule has 1 aromatic rings. The monoisotopic (exact) mass is 230 g/mol. The van der Waals surface area contributed by atoms with Crippen LogP contribution in [0.4, 0.5) is 5.69 Å². The predicted octanol–water partition coefficient (Wildman–Crippen LogP) is 3.90. The molecule has 0 spiro atoms. The summed E-state index contributed by atoms with van der Waals surface area (Å²) < 4.78 is 0. The van der Waals surface area contributed by atoms with Gasteiger partial charge in [0, 0.05) is 6.42 Å². The minimum atomic E-state index is 0.258. The number of aliphatic hydroxyl groups excluding tert-OH is 1. The van der Waals surface area contributed by atoms with Crippen LogP contribution in [0.2, 0.25) is 0 Å². The minimum absolute atomic E-state index is 0.258. The van der Waals surface area contributed by atoms with Gasteiger partial charge in [0.1, 0.15) is 5.75 Å². The van der Waals surface area contributed by atoms with E-state index in [1.54, 1.807) is 30.4 Å². The number of hydrogen-bond acceptors (Lipinski definition) is 4. The van der Waals surface area contributed by atoms with E-state index in [2.05, 4.69) is 10.2 Å². The van der Waals surface area contributed by atoms with E-state index >= 15 is 0 Å². The van der Waals surface area contributed by atoms with Gasteiger partial charge >= 0.3 is 0 Å². The third-order valence-corrected chi connectivity index (χ3v) is 2.58. The van der Waals surface area contributed by atoms with E-state index in [4.69, 9.17) is 0 Å². The standard InChI is InChI=1S/C13H14N2O2/c1-9-8-11(4-7-13(9)17)15-14-10-2-5-12(16)6-3-10/h2,4-5,7-8,16-17H,3,6H2,1H3/b15-14+. The van der Waals surface area contributed by atoms with Crippen LogP contribution in [0.3, 0.4) is 0 Å². The summed E-state index contributed by atoms with van der Waals surface area (Å²) in [5.41, 5.74) is 2.32. The molecule has 4 nitrogen and oxygen atoms in total. The summed E-state index contributed by atoms with van der Waals surface area (Å²) in [6.07, 6.45) is 4.71. The molecule has 0 aliphatic heterocycles. The van der Waals surface area contributed by atoms with Crippen molar-refractivity contribution in [2.24, 2.45) is 10.2 Å². The Morgan fingerprint density at radius 2 is 1.88 bits per heavy atom. The van der Waals surface area contributed by atoms with Crippen LogP contribution in [-0.4, -0.2) is 10.2 Å². The highest BCUT2D eigenvalue weighted by Crippen LogP contribution is 2.24. The fraction of sp³-hybridized carbons (Fsp3) is 0.231. The number of allylic oxidation sites excluding steroid dienone is 4. The van der Waals surface area contributed by atoms with Gasteiger partial charge < -0.3 is 10.2 Å². The van der Waals surface area contributed by atoms with Crippen molar-refractivity contribution >= 4 is 5.69 Å². The first-order valence-electron chi connectivity index (χ1n) is 5.45. The third-order valence-electron chi connectivity index (χ3n) is 2.58. The number of benzene rings is 1. The van der Waals surface area contributed by atoms with Crippen LogP contribution in [0, 0.1) is 6.92 Å². The number of aliphatic hydroxyl groups is 1. The van der Waals surface area contributed by atoms with Crippen LogP contribution in [0.15, 0.2) is 52.0 Å². The largest absolute Gasteiger partial charge is 0.512 e. The number of hydrogen-bond donors (Lipinski definition) is 2. The maximum absolute atomic E-state index is 9.37. The lowest BCUT2D eigenvalue weighted by Gasteiger charge is -2.05. The summed E-state index contributed by atoms with van der Waals surface area (Å²) in [5.74, 6) is 0.637. The normalized spacial score (nSPS) is 15.8. The van der Waals surface area contributed by atoms with E-state index in [0.717, 1.165) is 11.3 Å². The van der Waals surface area contributed by atoms with E-state index in [1.807, 2.05) is 6.92 Å². The zero-order chi connectivity index (χ0) is 12.3. The quantitative estimate of drug-likeness (QED) is 0.756. The maximum Gasteiger partial charge on any atom is 0.118 e. The smallest absolute Gasteiger partial charge is 0.118 e.